The highest BCUT2D eigenvalue weighted by Gasteiger charge is 2.17. The summed E-state index contributed by atoms with van der Waals surface area (Å²) in [6.45, 7) is 3.54. The molecule has 2 aromatic rings. The summed E-state index contributed by atoms with van der Waals surface area (Å²) in [6.07, 6.45) is 18.7. The number of hydrogen-bond donors (Lipinski definition) is 0. The Balaban J connectivity index is 1.26. The average molecular weight is 322 g/mol. The lowest BCUT2D eigenvalue weighted by Crippen LogP contribution is -2.34. The lowest BCUT2D eigenvalue weighted by atomic mass is 10.5. The van der Waals surface area contributed by atoms with E-state index in [1.807, 2.05) is 24.8 Å². The van der Waals surface area contributed by atoms with Gasteiger partial charge in [0.05, 0.1) is 49.5 Å². The number of hydrogen-bond acceptors (Lipinski definition) is 8. The Bertz CT molecular complexity index is 654. The summed E-state index contributed by atoms with van der Waals surface area (Å²) < 4.78 is 0. The Morgan fingerprint density at radius 2 is 1.04 bits per heavy atom. The second-order valence-electron chi connectivity index (χ2n) is 5.64. The third kappa shape index (κ3) is 3.12. The smallest absolute Gasteiger partial charge is 0.115 e. The predicted octanol–water partition coefficient (Wildman–Crippen LogP) is 1.07. The van der Waals surface area contributed by atoms with Crippen LogP contribution in [0.4, 0.5) is 11.4 Å². The summed E-state index contributed by atoms with van der Waals surface area (Å²) in [5, 5.41) is 0. The van der Waals surface area contributed by atoms with Crippen LogP contribution < -0.4 is 9.80 Å². The van der Waals surface area contributed by atoms with E-state index in [1.165, 1.54) is 0 Å². The molecular weight excluding hydrogens is 304 g/mol. The molecule has 8 nitrogen and oxygen atoms in total. The normalized spacial score (nSPS) is 16.5. The first kappa shape index (κ1) is 14.4. The number of rotatable bonds is 5. The molecule has 0 saturated carbocycles. The molecule has 24 heavy (non-hydrogen) atoms. The van der Waals surface area contributed by atoms with E-state index >= 15 is 0 Å². The van der Waals surface area contributed by atoms with Crippen molar-refractivity contribution >= 4 is 11.4 Å². The Labute approximate surface area is 140 Å². The first-order chi connectivity index (χ1) is 11.9. The van der Waals surface area contributed by atoms with Gasteiger partial charge in [-0.05, 0) is 0 Å². The minimum absolute atomic E-state index is 0.821. The maximum absolute atomic E-state index is 4.06. The van der Waals surface area contributed by atoms with Gasteiger partial charge in [-0.1, -0.05) is 0 Å². The van der Waals surface area contributed by atoms with Crippen LogP contribution in [0.5, 0.6) is 0 Å². The zero-order chi connectivity index (χ0) is 16.2. The van der Waals surface area contributed by atoms with Crippen molar-refractivity contribution in [2.45, 2.75) is 0 Å². The van der Waals surface area contributed by atoms with Gasteiger partial charge in [0.2, 0.25) is 0 Å². The molecule has 0 aromatic carbocycles. The molecule has 8 heteroatoms. The van der Waals surface area contributed by atoms with Crippen LogP contribution in [0.25, 0.3) is 0 Å². The first-order valence-corrected chi connectivity index (χ1v) is 7.76. The third-order valence-electron chi connectivity index (χ3n) is 4.01. The van der Waals surface area contributed by atoms with Crippen LogP contribution in [0.2, 0.25) is 0 Å². The fourth-order valence-corrected chi connectivity index (χ4v) is 2.69. The van der Waals surface area contributed by atoms with E-state index in [2.05, 4.69) is 64.3 Å². The van der Waals surface area contributed by atoms with Crippen LogP contribution >= 0.6 is 0 Å². The summed E-state index contributed by atoms with van der Waals surface area (Å²) in [4.78, 5) is 25.1. The number of anilines is 2. The average Bonchev–Trinajstić information content (AvgIpc) is 3.31. The molecule has 0 saturated heterocycles. The van der Waals surface area contributed by atoms with E-state index in [0.29, 0.717) is 0 Å². The molecule has 0 spiro atoms. The van der Waals surface area contributed by atoms with Crippen LogP contribution in [0.15, 0.2) is 62.2 Å². The largest absolute Gasteiger partial charge is 0.356 e. The molecule has 0 radical (unpaired) electrons. The lowest BCUT2D eigenvalue weighted by molar-refractivity contribution is 0.322. The van der Waals surface area contributed by atoms with Crippen molar-refractivity contribution in [1.82, 2.24) is 29.7 Å². The fourth-order valence-electron chi connectivity index (χ4n) is 2.69. The molecule has 0 N–H and O–H groups in total. The zero-order valence-corrected chi connectivity index (χ0v) is 13.2. The molecule has 2 aromatic heterocycles. The summed E-state index contributed by atoms with van der Waals surface area (Å²) in [5.74, 6) is 0. The Morgan fingerprint density at radius 3 is 1.46 bits per heavy atom. The number of aromatic nitrogens is 4. The van der Waals surface area contributed by atoms with Crippen molar-refractivity contribution in [2.75, 3.05) is 36.2 Å². The molecule has 0 amide bonds. The van der Waals surface area contributed by atoms with Crippen LogP contribution in [-0.2, 0) is 0 Å². The summed E-state index contributed by atoms with van der Waals surface area (Å²) >= 11 is 0. The van der Waals surface area contributed by atoms with Crippen molar-refractivity contribution in [3.8, 4) is 0 Å². The summed E-state index contributed by atoms with van der Waals surface area (Å²) in [5.41, 5.74) is 2.01. The molecule has 2 aliphatic rings. The Morgan fingerprint density at radius 1 is 0.625 bits per heavy atom. The van der Waals surface area contributed by atoms with E-state index in [1.54, 1.807) is 12.7 Å². The van der Waals surface area contributed by atoms with Crippen LogP contribution in [-0.4, -0.2) is 56.2 Å². The van der Waals surface area contributed by atoms with Gasteiger partial charge in [0.1, 0.15) is 12.7 Å². The molecule has 0 bridgehead atoms. The molecule has 122 valence electrons. The van der Waals surface area contributed by atoms with Gasteiger partial charge >= 0.3 is 0 Å². The van der Waals surface area contributed by atoms with Crippen LogP contribution in [0, 0.1) is 0 Å². The summed E-state index contributed by atoms with van der Waals surface area (Å²) in [6, 6.07) is 0. The van der Waals surface area contributed by atoms with Crippen molar-refractivity contribution in [3.63, 3.8) is 0 Å². The molecule has 2 aliphatic heterocycles. The fraction of sp³-hybridized carbons (Fsp3) is 0.250. The Kier molecular flexibility index (Phi) is 3.93. The van der Waals surface area contributed by atoms with Crippen molar-refractivity contribution in [1.29, 1.82) is 0 Å². The van der Waals surface area contributed by atoms with Crippen LogP contribution in [0.3, 0.4) is 0 Å². The first-order valence-electron chi connectivity index (χ1n) is 7.76. The van der Waals surface area contributed by atoms with Gasteiger partial charge in [0.15, 0.2) is 0 Å². The van der Waals surface area contributed by atoms with Crippen molar-refractivity contribution in [3.05, 3.63) is 62.2 Å². The van der Waals surface area contributed by atoms with E-state index in [0.717, 1.165) is 37.8 Å². The van der Waals surface area contributed by atoms with Crippen molar-refractivity contribution < 1.29 is 0 Å². The third-order valence-corrected chi connectivity index (χ3v) is 4.01. The van der Waals surface area contributed by atoms with Crippen molar-refractivity contribution in [2.24, 2.45) is 0 Å². The maximum Gasteiger partial charge on any atom is 0.115 e. The van der Waals surface area contributed by atoms with E-state index in [-0.39, 0.29) is 0 Å². The van der Waals surface area contributed by atoms with Gasteiger partial charge in [-0.25, -0.2) is 19.9 Å². The van der Waals surface area contributed by atoms with E-state index in [9.17, 15) is 0 Å². The minimum Gasteiger partial charge on any atom is -0.356 e. The molecular formula is C16H18N8. The summed E-state index contributed by atoms with van der Waals surface area (Å²) in [7, 11) is 0. The highest BCUT2D eigenvalue weighted by atomic mass is 15.4. The monoisotopic (exact) mass is 322 g/mol. The van der Waals surface area contributed by atoms with Gasteiger partial charge in [-0.15, -0.1) is 0 Å². The van der Waals surface area contributed by atoms with E-state index in [4.69, 9.17) is 0 Å². The zero-order valence-electron chi connectivity index (χ0n) is 13.2. The minimum atomic E-state index is 0.821. The molecule has 0 atom stereocenters. The SMILES string of the molecule is C1=CN(c2cncnc2)CN1CCN1C=CN(c2cncnc2)C1. The highest BCUT2D eigenvalue weighted by Crippen LogP contribution is 2.18. The second kappa shape index (κ2) is 6.53. The molecule has 0 aliphatic carbocycles. The highest BCUT2D eigenvalue weighted by molar-refractivity contribution is 5.47. The Hall–Kier alpha value is -3.16. The quantitative estimate of drug-likeness (QED) is 0.810. The molecule has 4 rings (SSSR count). The maximum atomic E-state index is 4.06. The van der Waals surface area contributed by atoms with Gasteiger partial charge < -0.3 is 19.6 Å². The van der Waals surface area contributed by atoms with Gasteiger partial charge in [-0.2, -0.15) is 0 Å². The van der Waals surface area contributed by atoms with Gasteiger partial charge in [-0.3, -0.25) is 0 Å². The molecule has 0 fully saturated rings. The van der Waals surface area contributed by atoms with Gasteiger partial charge in [0, 0.05) is 37.9 Å². The van der Waals surface area contributed by atoms with E-state index < -0.39 is 0 Å². The standard InChI is InChI=1S/C16H18N8/c1(21-3-5-23(13-21)15-7-17-11-18-8-15)2-22-4-6-24(14-22)16-9-19-12-20-10-16/h3-12H,1-2,13-14H2. The molecule has 0 unspecified atom stereocenters. The van der Waals surface area contributed by atoms with Crippen LogP contribution in [0.1, 0.15) is 0 Å². The lowest BCUT2D eigenvalue weighted by Gasteiger charge is -2.25. The number of nitrogens with zero attached hydrogens (tertiary/aromatic N) is 8. The van der Waals surface area contributed by atoms with Gasteiger partial charge in [0.25, 0.3) is 0 Å². The predicted molar refractivity (Wildman–Crippen MR) is 90.4 cm³/mol. The molecule has 4 heterocycles. The topological polar surface area (TPSA) is 64.5 Å². The second-order valence-corrected chi connectivity index (χ2v) is 5.64.